The molecule has 3 aromatic heterocycles. The summed E-state index contributed by atoms with van der Waals surface area (Å²) in [5, 5.41) is 8.02. The Bertz CT molecular complexity index is 1220. The molecule has 0 aliphatic rings. The van der Waals surface area contributed by atoms with Crippen LogP contribution >= 0.6 is 11.3 Å². The van der Waals surface area contributed by atoms with E-state index >= 15 is 0 Å². The third-order valence-electron chi connectivity index (χ3n) is 4.25. The van der Waals surface area contributed by atoms with E-state index in [1.54, 1.807) is 24.4 Å². The van der Waals surface area contributed by atoms with Gasteiger partial charge in [0.2, 0.25) is 5.91 Å². The van der Waals surface area contributed by atoms with Crippen LogP contribution in [0.5, 0.6) is 0 Å². The van der Waals surface area contributed by atoms with Gasteiger partial charge in [0.1, 0.15) is 22.9 Å². The van der Waals surface area contributed by atoms with Crippen molar-refractivity contribution in [3.63, 3.8) is 0 Å². The molecule has 0 radical (unpaired) electrons. The monoisotopic (exact) mass is 413 g/mol. The van der Waals surface area contributed by atoms with Gasteiger partial charge in [-0.15, -0.1) is 11.3 Å². The van der Waals surface area contributed by atoms with Gasteiger partial charge < -0.3 is 14.2 Å². The molecule has 2 N–H and O–H groups in total. The number of aryl methyl sites for hydroxylation is 1. The lowest BCUT2D eigenvalue weighted by atomic mass is 10.1. The number of aromatic nitrogens is 1. The van der Waals surface area contributed by atoms with E-state index in [2.05, 4.69) is 15.6 Å². The largest absolute Gasteiger partial charge is 0.458 e. The van der Waals surface area contributed by atoms with E-state index in [0.717, 1.165) is 0 Å². The van der Waals surface area contributed by atoms with Crippen molar-refractivity contribution in [2.45, 2.75) is 20.4 Å². The number of benzene rings is 1. The number of nitrogens with one attached hydrogen (secondary N) is 2. The van der Waals surface area contributed by atoms with Gasteiger partial charge in [0.05, 0.1) is 6.54 Å². The van der Waals surface area contributed by atoms with Crippen LogP contribution < -0.4 is 10.6 Å². The molecule has 3 heterocycles. The van der Waals surface area contributed by atoms with Gasteiger partial charge in [0.25, 0.3) is 5.91 Å². The summed E-state index contributed by atoms with van der Waals surface area (Å²) in [4.78, 5) is 27.9. The number of hydrogen-bond acceptors (Lipinski definition) is 6. The predicted octanol–water partition coefficient (Wildman–Crippen LogP) is 4.49. The zero-order chi connectivity index (χ0) is 20.5. The maximum absolute atomic E-state index is 13.4. The van der Waals surface area contributed by atoms with Gasteiger partial charge in [-0.3, -0.25) is 14.9 Å². The SMILES string of the molecule is CC(=O)NCc1ccc(-c2csc(NC(=O)c3oc4ccc(F)cc4c3C)n2)o1. The molecular weight excluding hydrogens is 397 g/mol. The van der Waals surface area contributed by atoms with Crippen molar-refractivity contribution in [2.24, 2.45) is 0 Å². The Balaban J connectivity index is 1.50. The first-order valence-electron chi connectivity index (χ1n) is 8.70. The van der Waals surface area contributed by atoms with Crippen LogP contribution in [0.1, 0.15) is 28.8 Å². The highest BCUT2D eigenvalue weighted by atomic mass is 32.1. The van der Waals surface area contributed by atoms with Crippen molar-refractivity contribution >= 4 is 39.3 Å². The molecule has 0 saturated heterocycles. The highest BCUT2D eigenvalue weighted by molar-refractivity contribution is 7.14. The van der Waals surface area contributed by atoms with Crippen molar-refractivity contribution in [1.29, 1.82) is 0 Å². The lowest BCUT2D eigenvalue weighted by Gasteiger charge is -1.99. The van der Waals surface area contributed by atoms with Gasteiger partial charge in [0, 0.05) is 23.3 Å². The third-order valence-corrected chi connectivity index (χ3v) is 5.01. The molecule has 7 nitrogen and oxygen atoms in total. The van der Waals surface area contributed by atoms with Crippen LogP contribution in [0.2, 0.25) is 0 Å². The molecule has 0 spiro atoms. The summed E-state index contributed by atoms with van der Waals surface area (Å²) in [5.41, 5.74) is 1.56. The van der Waals surface area contributed by atoms with E-state index < -0.39 is 11.7 Å². The lowest BCUT2D eigenvalue weighted by Crippen LogP contribution is -2.18. The number of fused-ring (bicyclic) bond motifs is 1. The summed E-state index contributed by atoms with van der Waals surface area (Å²) >= 11 is 1.24. The van der Waals surface area contributed by atoms with E-state index in [1.807, 2.05) is 0 Å². The van der Waals surface area contributed by atoms with Crippen molar-refractivity contribution in [1.82, 2.24) is 10.3 Å². The number of carbonyl (C=O) groups excluding carboxylic acids is 2. The molecule has 1 aromatic carbocycles. The number of carbonyl (C=O) groups is 2. The standard InChI is InChI=1S/C20H16FN3O4S/c1-10-14-7-12(21)3-5-16(14)28-18(10)19(26)24-20-23-15(9-29-20)17-6-4-13(27-17)8-22-11(2)25/h3-7,9H,8H2,1-2H3,(H,22,25)(H,23,24,26). The molecule has 29 heavy (non-hydrogen) atoms. The van der Waals surface area contributed by atoms with Crippen LogP contribution in [-0.4, -0.2) is 16.8 Å². The van der Waals surface area contributed by atoms with Crippen LogP contribution in [0, 0.1) is 12.7 Å². The molecule has 4 rings (SSSR count). The Hall–Kier alpha value is -3.46. The molecule has 0 saturated carbocycles. The minimum atomic E-state index is -0.467. The fourth-order valence-electron chi connectivity index (χ4n) is 2.83. The Morgan fingerprint density at radius 2 is 2.03 bits per heavy atom. The van der Waals surface area contributed by atoms with Crippen molar-refractivity contribution in [3.8, 4) is 11.5 Å². The van der Waals surface area contributed by atoms with Crippen molar-refractivity contribution in [3.05, 3.63) is 58.6 Å². The second kappa shape index (κ2) is 7.51. The zero-order valence-electron chi connectivity index (χ0n) is 15.5. The molecule has 0 atom stereocenters. The number of nitrogens with zero attached hydrogens (tertiary/aromatic N) is 1. The number of anilines is 1. The predicted molar refractivity (Wildman–Crippen MR) is 106 cm³/mol. The van der Waals surface area contributed by atoms with E-state index in [0.29, 0.717) is 38.9 Å². The Morgan fingerprint density at radius 3 is 2.83 bits per heavy atom. The fourth-order valence-corrected chi connectivity index (χ4v) is 3.52. The summed E-state index contributed by atoms with van der Waals surface area (Å²) in [6.07, 6.45) is 0. The number of hydrogen-bond donors (Lipinski definition) is 2. The Kier molecular flexibility index (Phi) is 4.89. The van der Waals surface area contributed by atoms with Gasteiger partial charge in [-0.25, -0.2) is 9.37 Å². The quantitative estimate of drug-likeness (QED) is 0.503. The molecule has 9 heteroatoms. The number of thiazole rings is 1. The highest BCUT2D eigenvalue weighted by Gasteiger charge is 2.20. The molecule has 148 valence electrons. The maximum Gasteiger partial charge on any atom is 0.293 e. The first kappa shape index (κ1) is 18.9. The van der Waals surface area contributed by atoms with Gasteiger partial charge >= 0.3 is 0 Å². The van der Waals surface area contributed by atoms with Gasteiger partial charge in [-0.1, -0.05) is 0 Å². The molecule has 0 fully saturated rings. The van der Waals surface area contributed by atoms with Crippen LogP contribution in [0.3, 0.4) is 0 Å². The lowest BCUT2D eigenvalue weighted by molar-refractivity contribution is -0.119. The first-order chi connectivity index (χ1) is 13.9. The highest BCUT2D eigenvalue weighted by Crippen LogP contribution is 2.29. The van der Waals surface area contributed by atoms with Crippen LogP contribution in [0.25, 0.3) is 22.4 Å². The Labute approximate surface area is 168 Å². The number of amides is 2. The number of furan rings is 2. The smallest absolute Gasteiger partial charge is 0.293 e. The van der Waals surface area contributed by atoms with E-state index in [4.69, 9.17) is 8.83 Å². The van der Waals surface area contributed by atoms with Crippen molar-refractivity contribution in [2.75, 3.05) is 5.32 Å². The molecule has 4 aromatic rings. The summed E-state index contributed by atoms with van der Waals surface area (Å²) < 4.78 is 24.7. The molecule has 0 unspecified atom stereocenters. The third kappa shape index (κ3) is 3.90. The van der Waals surface area contributed by atoms with Crippen LogP contribution in [0.4, 0.5) is 9.52 Å². The van der Waals surface area contributed by atoms with Gasteiger partial charge in [0.15, 0.2) is 16.7 Å². The Morgan fingerprint density at radius 1 is 1.21 bits per heavy atom. The van der Waals surface area contributed by atoms with Gasteiger partial charge in [-0.05, 0) is 37.3 Å². The first-order valence-corrected chi connectivity index (χ1v) is 9.57. The summed E-state index contributed by atoms with van der Waals surface area (Å²) in [5.74, 6) is 0.222. The molecule has 0 aliphatic carbocycles. The normalized spacial score (nSPS) is 11.0. The second-order valence-corrected chi connectivity index (χ2v) is 7.22. The maximum atomic E-state index is 13.4. The summed E-state index contributed by atoms with van der Waals surface area (Å²) in [6.45, 7) is 3.42. The van der Waals surface area contributed by atoms with E-state index in [9.17, 15) is 14.0 Å². The summed E-state index contributed by atoms with van der Waals surface area (Å²) in [6, 6.07) is 7.60. The summed E-state index contributed by atoms with van der Waals surface area (Å²) in [7, 11) is 0. The number of rotatable bonds is 5. The van der Waals surface area contributed by atoms with Crippen LogP contribution in [-0.2, 0) is 11.3 Å². The molecule has 2 amide bonds. The topological polar surface area (TPSA) is 97.4 Å². The minimum absolute atomic E-state index is 0.109. The minimum Gasteiger partial charge on any atom is -0.458 e. The van der Waals surface area contributed by atoms with Crippen LogP contribution in [0.15, 0.2) is 44.5 Å². The van der Waals surface area contributed by atoms with E-state index in [-0.39, 0.29) is 18.2 Å². The van der Waals surface area contributed by atoms with E-state index in [1.165, 1.54) is 36.5 Å². The fraction of sp³-hybridized carbons (Fsp3) is 0.150. The molecule has 0 bridgehead atoms. The molecular formula is C20H16FN3O4S. The molecule has 0 aliphatic heterocycles. The van der Waals surface area contributed by atoms with Crippen molar-refractivity contribution < 1.29 is 22.8 Å². The average molecular weight is 413 g/mol. The zero-order valence-corrected chi connectivity index (χ0v) is 16.4. The van der Waals surface area contributed by atoms with Gasteiger partial charge in [-0.2, -0.15) is 0 Å². The second-order valence-electron chi connectivity index (χ2n) is 6.36. The number of halogens is 1. The average Bonchev–Trinajstić information content (AvgIpc) is 3.39.